The molecule has 0 aliphatic carbocycles. The van der Waals surface area contributed by atoms with Gasteiger partial charge < -0.3 is 10.0 Å². The molecule has 1 heterocycles. The highest BCUT2D eigenvalue weighted by molar-refractivity contribution is 5.25. The predicted octanol–water partition coefficient (Wildman–Crippen LogP) is 2.81. The van der Waals surface area contributed by atoms with Crippen LogP contribution in [0.3, 0.4) is 0 Å². The van der Waals surface area contributed by atoms with E-state index in [9.17, 15) is 0 Å². The van der Waals surface area contributed by atoms with E-state index in [4.69, 9.17) is 5.11 Å². The molecule has 100 valence electrons. The Kier molecular flexibility index (Phi) is 4.79. The smallest absolute Gasteiger partial charge is 0.0431 e. The van der Waals surface area contributed by atoms with Crippen molar-refractivity contribution in [2.45, 2.75) is 38.0 Å². The molecule has 1 N–H and O–H groups in total. The third kappa shape index (κ3) is 3.33. The van der Waals surface area contributed by atoms with Gasteiger partial charge in [0.05, 0.1) is 0 Å². The molecule has 0 atom stereocenters. The van der Waals surface area contributed by atoms with Crippen LogP contribution >= 0.6 is 0 Å². The first-order valence-electron chi connectivity index (χ1n) is 7.13. The molecule has 0 spiro atoms. The zero-order valence-corrected chi connectivity index (χ0v) is 11.4. The van der Waals surface area contributed by atoms with Gasteiger partial charge in [-0.15, -0.1) is 0 Å². The number of benzene rings is 1. The lowest BCUT2D eigenvalue weighted by atomic mass is 9.74. The van der Waals surface area contributed by atoms with E-state index in [0.717, 1.165) is 19.4 Å². The summed E-state index contributed by atoms with van der Waals surface area (Å²) >= 11 is 0. The molecule has 0 saturated carbocycles. The van der Waals surface area contributed by atoms with Crippen molar-refractivity contribution in [2.24, 2.45) is 0 Å². The third-order valence-corrected chi connectivity index (χ3v) is 4.31. The van der Waals surface area contributed by atoms with Crippen LogP contribution in [0.15, 0.2) is 30.3 Å². The Labute approximate surface area is 111 Å². The summed E-state index contributed by atoms with van der Waals surface area (Å²) in [6.45, 7) is 6.25. The monoisotopic (exact) mass is 247 g/mol. The quantitative estimate of drug-likeness (QED) is 0.809. The van der Waals surface area contributed by atoms with E-state index in [2.05, 4.69) is 42.2 Å². The molecule has 0 bridgehead atoms. The molecule has 18 heavy (non-hydrogen) atoms. The maximum absolute atomic E-state index is 8.81. The van der Waals surface area contributed by atoms with Crippen LogP contribution in [0, 0.1) is 0 Å². The average Bonchev–Trinajstić information content (AvgIpc) is 2.42. The largest absolute Gasteiger partial charge is 0.396 e. The van der Waals surface area contributed by atoms with Crippen molar-refractivity contribution >= 4 is 0 Å². The van der Waals surface area contributed by atoms with E-state index in [-0.39, 0.29) is 0 Å². The Morgan fingerprint density at radius 1 is 1.11 bits per heavy atom. The zero-order chi connectivity index (χ0) is 12.8. The molecule has 0 radical (unpaired) electrons. The lowest BCUT2D eigenvalue weighted by Crippen LogP contribution is -2.41. The fourth-order valence-electron chi connectivity index (χ4n) is 2.85. The van der Waals surface area contributed by atoms with Crippen LogP contribution in [0.25, 0.3) is 0 Å². The van der Waals surface area contributed by atoms with Gasteiger partial charge in [0, 0.05) is 6.61 Å². The van der Waals surface area contributed by atoms with Crippen LogP contribution in [-0.4, -0.2) is 36.2 Å². The molecule has 1 aliphatic heterocycles. The maximum Gasteiger partial charge on any atom is 0.0431 e. The summed E-state index contributed by atoms with van der Waals surface area (Å²) in [5, 5.41) is 8.81. The maximum atomic E-state index is 8.81. The Morgan fingerprint density at radius 3 is 2.39 bits per heavy atom. The summed E-state index contributed by atoms with van der Waals surface area (Å²) in [5.74, 6) is 0. The molecule has 0 amide bonds. The first-order chi connectivity index (χ1) is 8.74. The Balaban J connectivity index is 1.86. The SMILES string of the molecule is CC1(c2ccccc2)CCN(CCCCO)CC1. The predicted molar refractivity (Wildman–Crippen MR) is 75.8 cm³/mol. The second-order valence-electron chi connectivity index (χ2n) is 5.70. The second kappa shape index (κ2) is 6.35. The van der Waals surface area contributed by atoms with Crippen molar-refractivity contribution in [3.05, 3.63) is 35.9 Å². The summed E-state index contributed by atoms with van der Waals surface area (Å²) in [4.78, 5) is 2.54. The van der Waals surface area contributed by atoms with E-state index in [1.807, 2.05) is 0 Å². The molecule has 2 heteroatoms. The van der Waals surface area contributed by atoms with Gasteiger partial charge in [0.15, 0.2) is 0 Å². The second-order valence-corrected chi connectivity index (χ2v) is 5.70. The van der Waals surface area contributed by atoms with E-state index >= 15 is 0 Å². The van der Waals surface area contributed by atoms with Gasteiger partial charge in [0.25, 0.3) is 0 Å². The number of nitrogens with zero attached hydrogens (tertiary/aromatic N) is 1. The molecule has 1 fully saturated rings. The number of unbranched alkanes of at least 4 members (excludes halogenated alkanes) is 1. The molecule has 2 rings (SSSR count). The molecule has 0 aromatic heterocycles. The minimum absolute atomic E-state index is 0.329. The minimum atomic E-state index is 0.329. The number of hydrogen-bond donors (Lipinski definition) is 1. The first kappa shape index (κ1) is 13.6. The third-order valence-electron chi connectivity index (χ3n) is 4.31. The fraction of sp³-hybridized carbons (Fsp3) is 0.625. The summed E-state index contributed by atoms with van der Waals surface area (Å²) in [5.41, 5.74) is 1.84. The summed E-state index contributed by atoms with van der Waals surface area (Å²) in [6, 6.07) is 10.9. The van der Waals surface area contributed by atoms with Crippen molar-refractivity contribution < 1.29 is 5.11 Å². The van der Waals surface area contributed by atoms with Crippen LogP contribution in [0.5, 0.6) is 0 Å². The average molecular weight is 247 g/mol. The number of aliphatic hydroxyl groups excluding tert-OH is 1. The Hall–Kier alpha value is -0.860. The fourth-order valence-corrected chi connectivity index (χ4v) is 2.85. The van der Waals surface area contributed by atoms with Gasteiger partial charge in [0.2, 0.25) is 0 Å². The molecule has 1 aromatic carbocycles. The van der Waals surface area contributed by atoms with Gasteiger partial charge in [-0.2, -0.15) is 0 Å². The van der Waals surface area contributed by atoms with Gasteiger partial charge >= 0.3 is 0 Å². The lowest BCUT2D eigenvalue weighted by molar-refractivity contribution is 0.162. The lowest BCUT2D eigenvalue weighted by Gasteiger charge is -2.40. The summed E-state index contributed by atoms with van der Waals surface area (Å²) in [7, 11) is 0. The van der Waals surface area contributed by atoms with E-state index in [1.54, 1.807) is 0 Å². The number of piperidine rings is 1. The van der Waals surface area contributed by atoms with Crippen molar-refractivity contribution in [1.29, 1.82) is 0 Å². The van der Waals surface area contributed by atoms with Crippen molar-refractivity contribution in [3.63, 3.8) is 0 Å². The molecule has 1 aromatic rings. The van der Waals surface area contributed by atoms with Crippen molar-refractivity contribution in [3.8, 4) is 0 Å². The van der Waals surface area contributed by atoms with E-state index < -0.39 is 0 Å². The molecular weight excluding hydrogens is 222 g/mol. The summed E-state index contributed by atoms with van der Waals surface area (Å²) in [6.07, 6.45) is 4.55. The van der Waals surface area contributed by atoms with Crippen molar-refractivity contribution in [2.75, 3.05) is 26.2 Å². The highest BCUT2D eigenvalue weighted by atomic mass is 16.2. The number of hydrogen-bond acceptors (Lipinski definition) is 2. The minimum Gasteiger partial charge on any atom is -0.396 e. The Morgan fingerprint density at radius 2 is 1.78 bits per heavy atom. The topological polar surface area (TPSA) is 23.5 Å². The van der Waals surface area contributed by atoms with E-state index in [0.29, 0.717) is 12.0 Å². The van der Waals surface area contributed by atoms with Crippen LogP contribution < -0.4 is 0 Å². The zero-order valence-electron chi connectivity index (χ0n) is 11.4. The first-order valence-corrected chi connectivity index (χ1v) is 7.13. The number of rotatable bonds is 5. The van der Waals surface area contributed by atoms with E-state index in [1.165, 1.54) is 31.5 Å². The Bertz CT molecular complexity index is 341. The molecule has 0 unspecified atom stereocenters. The van der Waals surface area contributed by atoms with Crippen LogP contribution in [0.4, 0.5) is 0 Å². The standard InChI is InChI=1S/C16H25NO/c1-16(15-7-3-2-4-8-15)9-12-17(13-10-16)11-5-6-14-18/h2-4,7-8,18H,5-6,9-14H2,1H3. The molecule has 1 aliphatic rings. The van der Waals surface area contributed by atoms with Crippen LogP contribution in [-0.2, 0) is 5.41 Å². The van der Waals surface area contributed by atoms with Gasteiger partial charge in [-0.3, -0.25) is 0 Å². The van der Waals surface area contributed by atoms with Crippen LogP contribution in [0.1, 0.15) is 38.2 Å². The highest BCUT2D eigenvalue weighted by Gasteiger charge is 2.31. The summed E-state index contributed by atoms with van der Waals surface area (Å²) < 4.78 is 0. The molecule has 1 saturated heterocycles. The molecular formula is C16H25NO. The highest BCUT2D eigenvalue weighted by Crippen LogP contribution is 2.34. The normalized spacial score (nSPS) is 19.9. The van der Waals surface area contributed by atoms with Gasteiger partial charge in [-0.1, -0.05) is 37.3 Å². The van der Waals surface area contributed by atoms with Gasteiger partial charge in [-0.05, 0) is 56.3 Å². The van der Waals surface area contributed by atoms with Crippen LogP contribution in [0.2, 0.25) is 0 Å². The van der Waals surface area contributed by atoms with Crippen molar-refractivity contribution in [1.82, 2.24) is 4.90 Å². The molecule has 2 nitrogen and oxygen atoms in total. The van der Waals surface area contributed by atoms with Gasteiger partial charge in [-0.25, -0.2) is 0 Å². The van der Waals surface area contributed by atoms with Gasteiger partial charge in [0.1, 0.15) is 0 Å². The number of likely N-dealkylation sites (tertiary alicyclic amines) is 1. The number of aliphatic hydroxyl groups is 1.